The summed E-state index contributed by atoms with van der Waals surface area (Å²) in [5, 5.41) is 4.20. The Bertz CT molecular complexity index is 717. The molecule has 1 aliphatic carbocycles. The van der Waals surface area contributed by atoms with Crippen molar-refractivity contribution in [3.8, 4) is 0 Å². The largest absolute Gasteiger partial charge is 0.275 e. The Kier molecular flexibility index (Phi) is 5.24. The molecule has 0 bridgehead atoms. The highest BCUT2D eigenvalue weighted by atomic mass is 19.1. The number of hydrogen-bond acceptors (Lipinski definition) is 2. The van der Waals surface area contributed by atoms with Crippen molar-refractivity contribution in [1.29, 1.82) is 0 Å². The number of nitrogens with zero attached hydrogens (tertiary/aromatic N) is 1. The van der Waals surface area contributed by atoms with Gasteiger partial charge in [-0.1, -0.05) is 43.5 Å². The van der Waals surface area contributed by atoms with Crippen LogP contribution in [0.1, 0.15) is 56.1 Å². The Morgan fingerprint density at radius 3 is 2.38 bits per heavy atom. The second-order valence-electron chi connectivity index (χ2n) is 6.39. The molecule has 2 nitrogen and oxygen atoms in total. The molecule has 2 aromatic carbocycles. The molecule has 1 saturated carbocycles. The number of hydrogen-bond donors (Lipinski definition) is 1. The van der Waals surface area contributed by atoms with E-state index in [0.29, 0.717) is 5.92 Å². The van der Waals surface area contributed by atoms with E-state index < -0.39 is 11.6 Å². The van der Waals surface area contributed by atoms with Crippen LogP contribution in [0.25, 0.3) is 0 Å². The Morgan fingerprint density at radius 1 is 1.00 bits per heavy atom. The predicted molar refractivity (Wildman–Crippen MR) is 94.5 cm³/mol. The predicted octanol–water partition coefficient (Wildman–Crippen LogP) is 5.85. The number of benzene rings is 2. The highest BCUT2D eigenvalue weighted by molar-refractivity contribution is 5.99. The summed E-state index contributed by atoms with van der Waals surface area (Å²) < 4.78 is 26.5. The first kappa shape index (κ1) is 16.6. The minimum atomic E-state index is -0.654. The van der Waals surface area contributed by atoms with Gasteiger partial charge in [0.1, 0.15) is 5.82 Å². The zero-order valence-electron chi connectivity index (χ0n) is 13.9. The summed E-state index contributed by atoms with van der Waals surface area (Å²) in [7, 11) is 0. The van der Waals surface area contributed by atoms with E-state index in [-0.39, 0.29) is 5.69 Å². The standard InChI is InChI=1S/C20H22F2N2/c1-14(23-24-20-12-11-18(21)13-19(20)22)15-7-9-17(10-8-15)16-5-3-2-4-6-16/h7-13,16,24H,2-6H2,1H3/b23-14-. The molecular formula is C20H22F2N2. The van der Waals surface area contributed by atoms with E-state index in [1.54, 1.807) is 0 Å². The highest BCUT2D eigenvalue weighted by Gasteiger charge is 2.15. The molecular weight excluding hydrogens is 306 g/mol. The van der Waals surface area contributed by atoms with Crippen LogP contribution < -0.4 is 5.43 Å². The molecule has 0 aromatic heterocycles. The van der Waals surface area contributed by atoms with Crippen LogP contribution in [0.15, 0.2) is 47.6 Å². The average Bonchev–Trinajstić information content (AvgIpc) is 2.62. The SMILES string of the molecule is C/C(=N/Nc1ccc(F)cc1F)c1ccc(C2CCCCC2)cc1. The lowest BCUT2D eigenvalue weighted by atomic mass is 9.84. The van der Waals surface area contributed by atoms with Crippen LogP contribution in [0.5, 0.6) is 0 Å². The summed E-state index contributed by atoms with van der Waals surface area (Å²) in [5.74, 6) is -0.576. The van der Waals surface area contributed by atoms with E-state index in [0.717, 1.165) is 17.3 Å². The highest BCUT2D eigenvalue weighted by Crippen LogP contribution is 2.32. The van der Waals surface area contributed by atoms with Crippen molar-refractivity contribution in [2.75, 3.05) is 5.43 Å². The number of hydrazone groups is 1. The van der Waals surface area contributed by atoms with E-state index in [1.165, 1.54) is 49.8 Å². The fourth-order valence-corrected chi connectivity index (χ4v) is 3.22. The van der Waals surface area contributed by atoms with Gasteiger partial charge < -0.3 is 0 Å². The fraction of sp³-hybridized carbons (Fsp3) is 0.350. The quantitative estimate of drug-likeness (QED) is 0.552. The number of halogens is 2. The molecule has 0 saturated heterocycles. The number of nitrogens with one attached hydrogen (secondary N) is 1. The third-order valence-electron chi connectivity index (χ3n) is 4.68. The fourth-order valence-electron chi connectivity index (χ4n) is 3.22. The van der Waals surface area contributed by atoms with Crippen molar-refractivity contribution < 1.29 is 8.78 Å². The Labute approximate surface area is 141 Å². The third-order valence-corrected chi connectivity index (χ3v) is 4.68. The van der Waals surface area contributed by atoms with E-state index in [9.17, 15) is 8.78 Å². The lowest BCUT2D eigenvalue weighted by Gasteiger charge is -2.22. The molecule has 0 amide bonds. The maximum Gasteiger partial charge on any atom is 0.151 e. The number of rotatable bonds is 4. The van der Waals surface area contributed by atoms with E-state index in [1.807, 2.05) is 6.92 Å². The van der Waals surface area contributed by atoms with Gasteiger partial charge in [-0.15, -0.1) is 0 Å². The summed E-state index contributed by atoms with van der Waals surface area (Å²) in [5.41, 5.74) is 5.97. The van der Waals surface area contributed by atoms with Crippen molar-refractivity contribution >= 4 is 11.4 Å². The monoisotopic (exact) mass is 328 g/mol. The average molecular weight is 328 g/mol. The molecule has 24 heavy (non-hydrogen) atoms. The Balaban J connectivity index is 1.68. The zero-order chi connectivity index (χ0) is 16.9. The second-order valence-corrected chi connectivity index (χ2v) is 6.39. The van der Waals surface area contributed by atoms with Gasteiger partial charge in [0, 0.05) is 6.07 Å². The molecule has 1 aliphatic rings. The van der Waals surface area contributed by atoms with Crippen LogP contribution in [0.4, 0.5) is 14.5 Å². The third kappa shape index (κ3) is 3.99. The van der Waals surface area contributed by atoms with Crippen LogP contribution in [0.3, 0.4) is 0 Å². The van der Waals surface area contributed by atoms with Crippen LogP contribution in [0, 0.1) is 11.6 Å². The molecule has 0 radical (unpaired) electrons. The van der Waals surface area contributed by atoms with Gasteiger partial charge in [-0.2, -0.15) is 5.10 Å². The van der Waals surface area contributed by atoms with Crippen LogP contribution >= 0.6 is 0 Å². The summed E-state index contributed by atoms with van der Waals surface area (Å²) in [4.78, 5) is 0. The number of anilines is 1. The van der Waals surface area contributed by atoms with E-state index in [2.05, 4.69) is 34.8 Å². The van der Waals surface area contributed by atoms with Gasteiger partial charge in [-0.05, 0) is 48.9 Å². The van der Waals surface area contributed by atoms with Gasteiger partial charge in [0.2, 0.25) is 0 Å². The van der Waals surface area contributed by atoms with Gasteiger partial charge in [0.25, 0.3) is 0 Å². The molecule has 0 aliphatic heterocycles. The van der Waals surface area contributed by atoms with Gasteiger partial charge in [0.05, 0.1) is 11.4 Å². The Morgan fingerprint density at radius 2 is 1.71 bits per heavy atom. The molecule has 126 valence electrons. The van der Waals surface area contributed by atoms with Crippen molar-refractivity contribution in [2.24, 2.45) is 5.10 Å². The molecule has 0 heterocycles. The lowest BCUT2D eigenvalue weighted by molar-refractivity contribution is 0.443. The van der Waals surface area contributed by atoms with Gasteiger partial charge in [-0.3, -0.25) is 5.43 Å². The minimum absolute atomic E-state index is 0.162. The van der Waals surface area contributed by atoms with Crippen molar-refractivity contribution in [3.05, 3.63) is 65.2 Å². The Hall–Kier alpha value is -2.23. The van der Waals surface area contributed by atoms with Crippen LogP contribution in [0.2, 0.25) is 0 Å². The summed E-state index contributed by atoms with van der Waals surface area (Å²) >= 11 is 0. The van der Waals surface area contributed by atoms with Gasteiger partial charge in [0.15, 0.2) is 5.82 Å². The molecule has 4 heteroatoms. The molecule has 0 unspecified atom stereocenters. The molecule has 1 fully saturated rings. The first-order chi connectivity index (χ1) is 11.6. The molecule has 0 spiro atoms. The lowest BCUT2D eigenvalue weighted by Crippen LogP contribution is -2.05. The van der Waals surface area contributed by atoms with Gasteiger partial charge in [-0.25, -0.2) is 8.78 Å². The van der Waals surface area contributed by atoms with Crippen LogP contribution in [-0.4, -0.2) is 5.71 Å². The van der Waals surface area contributed by atoms with Crippen molar-refractivity contribution in [3.63, 3.8) is 0 Å². The second kappa shape index (κ2) is 7.56. The maximum absolute atomic E-state index is 13.6. The topological polar surface area (TPSA) is 24.4 Å². The smallest absolute Gasteiger partial charge is 0.151 e. The summed E-state index contributed by atoms with van der Waals surface area (Å²) in [6, 6.07) is 11.8. The first-order valence-electron chi connectivity index (χ1n) is 8.49. The minimum Gasteiger partial charge on any atom is -0.275 e. The molecule has 1 N–H and O–H groups in total. The maximum atomic E-state index is 13.6. The van der Waals surface area contributed by atoms with E-state index in [4.69, 9.17) is 0 Å². The van der Waals surface area contributed by atoms with Crippen LogP contribution in [-0.2, 0) is 0 Å². The normalized spacial score (nSPS) is 16.2. The summed E-state index contributed by atoms with van der Waals surface area (Å²) in [6.07, 6.45) is 6.54. The zero-order valence-corrected chi connectivity index (χ0v) is 13.9. The first-order valence-corrected chi connectivity index (χ1v) is 8.49. The van der Waals surface area contributed by atoms with Crippen molar-refractivity contribution in [1.82, 2.24) is 0 Å². The molecule has 0 atom stereocenters. The van der Waals surface area contributed by atoms with Crippen molar-refractivity contribution in [2.45, 2.75) is 44.9 Å². The van der Waals surface area contributed by atoms with Gasteiger partial charge >= 0.3 is 0 Å². The van der Waals surface area contributed by atoms with E-state index >= 15 is 0 Å². The summed E-state index contributed by atoms with van der Waals surface area (Å²) in [6.45, 7) is 1.87. The molecule has 2 aromatic rings. The molecule has 3 rings (SSSR count).